The van der Waals surface area contributed by atoms with Crippen LogP contribution in [-0.4, -0.2) is 34.0 Å². The van der Waals surface area contributed by atoms with E-state index in [2.05, 4.69) is 10.0 Å². The minimum absolute atomic E-state index is 0. The maximum atomic E-state index is 11.9. The molecule has 0 heterocycles. The molecule has 1 amide bonds. The van der Waals surface area contributed by atoms with Crippen molar-refractivity contribution in [1.29, 1.82) is 0 Å². The van der Waals surface area contributed by atoms with Gasteiger partial charge in [0.2, 0.25) is 15.9 Å². The van der Waals surface area contributed by atoms with Crippen molar-refractivity contribution >= 4 is 28.3 Å². The molecule has 4 N–H and O–H groups in total. The van der Waals surface area contributed by atoms with Gasteiger partial charge in [0, 0.05) is 18.2 Å². The quantitative estimate of drug-likeness (QED) is 0.693. The van der Waals surface area contributed by atoms with Crippen molar-refractivity contribution in [2.24, 2.45) is 5.73 Å². The number of rotatable bonds is 6. The number of hydrogen-bond acceptors (Lipinski definition) is 4. The van der Waals surface area contributed by atoms with Crippen LogP contribution in [0.2, 0.25) is 0 Å². The summed E-state index contributed by atoms with van der Waals surface area (Å²) in [6, 6.07) is 5.64. The summed E-state index contributed by atoms with van der Waals surface area (Å²) in [5.74, 6) is -0.657. The lowest BCUT2D eigenvalue weighted by Crippen LogP contribution is -2.37. The highest BCUT2D eigenvalue weighted by Gasteiger charge is 2.15. The molecular weight excluding hydrogens is 290 g/mol. The van der Waals surface area contributed by atoms with E-state index in [1.165, 1.54) is 24.3 Å². The molecule has 0 fully saturated rings. The van der Waals surface area contributed by atoms with Crippen molar-refractivity contribution in [3.63, 3.8) is 0 Å². The van der Waals surface area contributed by atoms with Gasteiger partial charge in [-0.1, -0.05) is 6.07 Å². The number of nitrogens with two attached hydrogens (primary N) is 1. The molecule has 0 aliphatic carbocycles. The average molecular weight is 308 g/mol. The Labute approximate surface area is 119 Å². The monoisotopic (exact) mass is 307 g/mol. The van der Waals surface area contributed by atoms with E-state index in [1.54, 1.807) is 7.05 Å². The molecule has 0 aromatic heterocycles. The summed E-state index contributed by atoms with van der Waals surface area (Å²) < 4.78 is 26.3. The molecule has 0 radical (unpaired) electrons. The van der Waals surface area contributed by atoms with Crippen molar-refractivity contribution in [2.75, 3.05) is 13.6 Å². The number of hydrogen-bond donors (Lipinski definition) is 3. The van der Waals surface area contributed by atoms with E-state index >= 15 is 0 Å². The second kappa shape index (κ2) is 7.44. The molecule has 0 aliphatic rings. The van der Waals surface area contributed by atoms with Crippen LogP contribution in [0.15, 0.2) is 29.2 Å². The molecule has 0 saturated heterocycles. The number of carbonyl (C=O) groups excluding carboxylic acids is 1. The molecule has 0 spiro atoms. The van der Waals surface area contributed by atoms with Crippen LogP contribution in [0.1, 0.15) is 17.3 Å². The topological polar surface area (TPSA) is 101 Å². The Bertz CT molecular complexity index is 534. The zero-order chi connectivity index (χ0) is 13.8. The van der Waals surface area contributed by atoms with Gasteiger partial charge in [0.1, 0.15) is 0 Å². The second-order valence-corrected chi connectivity index (χ2v) is 5.70. The standard InChI is InChI=1S/C11H17N3O3S.ClH/c1-8(13-2)7-14-18(16,17)10-5-3-4-9(6-10)11(12)15;/h3-6,8,13-14H,7H2,1-2H3,(H2,12,15);1H. The minimum Gasteiger partial charge on any atom is -0.366 e. The second-order valence-electron chi connectivity index (χ2n) is 3.93. The van der Waals surface area contributed by atoms with Crippen LogP contribution in [0.4, 0.5) is 0 Å². The fourth-order valence-corrected chi connectivity index (χ4v) is 2.41. The largest absolute Gasteiger partial charge is 0.366 e. The van der Waals surface area contributed by atoms with Gasteiger partial charge in [-0.3, -0.25) is 4.79 Å². The molecule has 1 rings (SSSR count). The Balaban J connectivity index is 0.00000324. The maximum absolute atomic E-state index is 11.9. The van der Waals surface area contributed by atoms with Crippen LogP contribution in [0.25, 0.3) is 0 Å². The Morgan fingerprint density at radius 3 is 2.58 bits per heavy atom. The van der Waals surface area contributed by atoms with E-state index in [0.717, 1.165) is 0 Å². The highest BCUT2D eigenvalue weighted by molar-refractivity contribution is 7.89. The van der Waals surface area contributed by atoms with Gasteiger partial charge >= 0.3 is 0 Å². The predicted octanol–water partition coefficient (Wildman–Crippen LogP) is 0.0935. The number of amides is 1. The van der Waals surface area contributed by atoms with Gasteiger partial charge in [-0.2, -0.15) is 0 Å². The first-order valence-corrected chi connectivity index (χ1v) is 6.92. The maximum Gasteiger partial charge on any atom is 0.248 e. The Morgan fingerprint density at radius 1 is 1.42 bits per heavy atom. The van der Waals surface area contributed by atoms with Crippen LogP contribution in [0.5, 0.6) is 0 Å². The third-order valence-corrected chi connectivity index (χ3v) is 3.92. The van der Waals surface area contributed by atoms with Crippen LogP contribution in [0, 0.1) is 0 Å². The summed E-state index contributed by atoms with van der Waals surface area (Å²) in [6.45, 7) is 2.11. The lowest BCUT2D eigenvalue weighted by Gasteiger charge is -2.12. The van der Waals surface area contributed by atoms with Gasteiger partial charge in [0.25, 0.3) is 0 Å². The summed E-state index contributed by atoms with van der Waals surface area (Å²) >= 11 is 0. The minimum atomic E-state index is -3.62. The number of benzene rings is 1. The molecular formula is C11H18ClN3O3S. The van der Waals surface area contributed by atoms with E-state index in [0.29, 0.717) is 0 Å². The van der Waals surface area contributed by atoms with Crippen molar-refractivity contribution < 1.29 is 13.2 Å². The number of sulfonamides is 1. The smallest absolute Gasteiger partial charge is 0.248 e. The van der Waals surface area contributed by atoms with Crippen LogP contribution < -0.4 is 15.8 Å². The van der Waals surface area contributed by atoms with Crippen molar-refractivity contribution in [3.05, 3.63) is 29.8 Å². The number of halogens is 1. The molecule has 0 aliphatic heterocycles. The highest BCUT2D eigenvalue weighted by Crippen LogP contribution is 2.10. The van der Waals surface area contributed by atoms with Gasteiger partial charge in [-0.25, -0.2) is 13.1 Å². The number of carbonyl (C=O) groups is 1. The van der Waals surface area contributed by atoms with Crippen LogP contribution in [-0.2, 0) is 10.0 Å². The van der Waals surface area contributed by atoms with E-state index < -0.39 is 15.9 Å². The number of nitrogens with one attached hydrogen (secondary N) is 2. The molecule has 1 aromatic rings. The fraction of sp³-hybridized carbons (Fsp3) is 0.364. The Kier molecular flexibility index (Phi) is 6.99. The third kappa shape index (κ3) is 5.15. The Hall–Kier alpha value is -1.15. The van der Waals surface area contributed by atoms with Gasteiger partial charge in [0.15, 0.2) is 0 Å². The fourth-order valence-electron chi connectivity index (χ4n) is 1.24. The average Bonchev–Trinajstić information content (AvgIpc) is 2.36. The Morgan fingerprint density at radius 2 is 2.05 bits per heavy atom. The molecule has 19 heavy (non-hydrogen) atoms. The lowest BCUT2D eigenvalue weighted by molar-refractivity contribution is 0.1000. The summed E-state index contributed by atoms with van der Waals surface area (Å²) in [7, 11) is -1.88. The molecule has 0 bridgehead atoms. The molecule has 6 nitrogen and oxygen atoms in total. The number of primary amides is 1. The first-order chi connectivity index (χ1) is 8.36. The van der Waals surface area contributed by atoms with E-state index in [1.807, 2.05) is 6.92 Å². The van der Waals surface area contributed by atoms with Crippen molar-refractivity contribution in [2.45, 2.75) is 17.9 Å². The van der Waals surface area contributed by atoms with E-state index in [4.69, 9.17) is 5.73 Å². The van der Waals surface area contributed by atoms with Gasteiger partial charge in [-0.05, 0) is 32.2 Å². The zero-order valence-corrected chi connectivity index (χ0v) is 12.3. The molecule has 1 atom stereocenters. The van der Waals surface area contributed by atoms with E-state index in [-0.39, 0.29) is 35.5 Å². The van der Waals surface area contributed by atoms with Crippen LogP contribution >= 0.6 is 12.4 Å². The summed E-state index contributed by atoms with van der Waals surface area (Å²) in [5, 5.41) is 2.92. The third-order valence-electron chi connectivity index (χ3n) is 2.50. The summed E-state index contributed by atoms with van der Waals surface area (Å²) in [4.78, 5) is 11.0. The SMILES string of the molecule is CNC(C)CNS(=O)(=O)c1cccc(C(N)=O)c1.Cl. The van der Waals surface area contributed by atoms with Crippen molar-refractivity contribution in [3.8, 4) is 0 Å². The van der Waals surface area contributed by atoms with Gasteiger partial charge < -0.3 is 11.1 Å². The number of likely N-dealkylation sites (N-methyl/N-ethyl adjacent to an activating group) is 1. The van der Waals surface area contributed by atoms with E-state index in [9.17, 15) is 13.2 Å². The molecule has 1 unspecified atom stereocenters. The van der Waals surface area contributed by atoms with Crippen molar-refractivity contribution in [1.82, 2.24) is 10.0 Å². The molecule has 8 heteroatoms. The van der Waals surface area contributed by atoms with Gasteiger partial charge in [0.05, 0.1) is 4.90 Å². The first-order valence-electron chi connectivity index (χ1n) is 5.43. The summed E-state index contributed by atoms with van der Waals surface area (Å²) in [6.07, 6.45) is 0. The molecule has 108 valence electrons. The predicted molar refractivity (Wildman–Crippen MR) is 75.9 cm³/mol. The summed E-state index contributed by atoms with van der Waals surface area (Å²) in [5.41, 5.74) is 5.27. The molecule has 0 saturated carbocycles. The lowest BCUT2D eigenvalue weighted by atomic mass is 10.2. The molecule has 1 aromatic carbocycles. The van der Waals surface area contributed by atoms with Gasteiger partial charge in [-0.15, -0.1) is 12.4 Å². The highest BCUT2D eigenvalue weighted by atomic mass is 35.5. The normalized spacial score (nSPS) is 12.5. The first kappa shape index (κ1) is 17.8. The zero-order valence-electron chi connectivity index (χ0n) is 10.7. The van der Waals surface area contributed by atoms with Crippen LogP contribution in [0.3, 0.4) is 0 Å².